The Bertz CT molecular complexity index is 2370. The van der Waals surface area contributed by atoms with Gasteiger partial charge in [-0.05, 0) is 118 Å². The van der Waals surface area contributed by atoms with Gasteiger partial charge >= 0.3 is 17.9 Å². The molecule has 0 saturated heterocycles. The molecule has 4 aliphatic rings. The number of aromatic amines is 2. The van der Waals surface area contributed by atoms with Gasteiger partial charge in [-0.25, -0.2) is 19.6 Å². The third kappa shape index (κ3) is 10.4. The lowest BCUT2D eigenvalue weighted by atomic mass is 9.85. The van der Waals surface area contributed by atoms with E-state index in [0.29, 0.717) is 34.3 Å². The quantitative estimate of drug-likeness (QED) is 0.0819. The first-order valence-electron chi connectivity index (χ1n) is 23.3. The molecule has 0 aliphatic carbocycles. The summed E-state index contributed by atoms with van der Waals surface area (Å²) in [5, 5.41) is 0. The van der Waals surface area contributed by atoms with Crippen LogP contribution >= 0.6 is 0 Å². The van der Waals surface area contributed by atoms with E-state index < -0.39 is 11.9 Å². The van der Waals surface area contributed by atoms with Crippen molar-refractivity contribution in [3.8, 4) is 0 Å². The third-order valence-corrected chi connectivity index (χ3v) is 13.7. The largest absolute Gasteiger partial charge is 0.461 e. The molecule has 9 nitrogen and oxygen atoms in total. The molecule has 0 spiro atoms. The summed E-state index contributed by atoms with van der Waals surface area (Å²) in [4.78, 5) is 57.7. The van der Waals surface area contributed by atoms with E-state index in [9.17, 15) is 14.4 Å². The van der Waals surface area contributed by atoms with Gasteiger partial charge in [0, 0.05) is 40.7 Å². The predicted octanol–water partition coefficient (Wildman–Crippen LogP) is 13.7. The van der Waals surface area contributed by atoms with Crippen LogP contribution in [0.15, 0.2) is 42.5 Å². The Morgan fingerprint density at radius 2 is 1.48 bits per heavy atom. The number of nitrogens with one attached hydrogen (secondary N) is 2. The van der Waals surface area contributed by atoms with Crippen molar-refractivity contribution in [2.45, 2.75) is 158 Å². The molecule has 0 unspecified atom stereocenters. The van der Waals surface area contributed by atoms with E-state index in [4.69, 9.17) is 19.4 Å². The zero-order valence-electron chi connectivity index (χ0n) is 39.1. The zero-order valence-corrected chi connectivity index (χ0v) is 39.1. The highest BCUT2D eigenvalue weighted by Gasteiger charge is 2.38. The van der Waals surface area contributed by atoms with Gasteiger partial charge in [0.15, 0.2) is 0 Å². The second-order valence-corrected chi connectivity index (χ2v) is 18.9. The van der Waals surface area contributed by atoms with Gasteiger partial charge in [0.2, 0.25) is 0 Å². The first kappa shape index (κ1) is 46.5. The molecule has 0 amide bonds. The van der Waals surface area contributed by atoms with Crippen molar-refractivity contribution in [1.29, 1.82) is 0 Å². The second kappa shape index (κ2) is 20.4. The Balaban J connectivity index is 1.20. The van der Waals surface area contributed by atoms with Gasteiger partial charge in [-0.2, -0.15) is 0 Å². The lowest BCUT2D eigenvalue weighted by Gasteiger charge is -2.19. The molecule has 0 radical (unpaired) electrons. The molecule has 6 rings (SSSR count). The monoisotopic (exact) mass is 843 g/mol. The van der Waals surface area contributed by atoms with E-state index in [1.807, 2.05) is 44.2 Å². The van der Waals surface area contributed by atoms with Crippen LogP contribution in [0.5, 0.6) is 0 Å². The average molecular weight is 843 g/mol. The lowest BCUT2D eigenvalue weighted by Crippen LogP contribution is -2.21. The molecular weight excluding hydrogens is 773 g/mol. The summed E-state index contributed by atoms with van der Waals surface area (Å²) in [5.41, 5.74) is 12.3. The highest BCUT2D eigenvalue weighted by molar-refractivity contribution is 6.18. The van der Waals surface area contributed by atoms with Crippen LogP contribution in [0.2, 0.25) is 0 Å². The number of aryl methyl sites for hydroxylation is 1. The number of hydrogen-bond donors (Lipinski definition) is 2. The lowest BCUT2D eigenvalue weighted by molar-refractivity contribution is -0.142. The minimum atomic E-state index is -0.732. The molecule has 2 aromatic heterocycles. The number of nitrogens with zero attached hydrogens (tertiary/aromatic N) is 2. The van der Waals surface area contributed by atoms with Crippen molar-refractivity contribution in [3.63, 3.8) is 0 Å². The van der Waals surface area contributed by atoms with Crippen LogP contribution in [0.4, 0.5) is 0 Å². The maximum atomic E-state index is 13.8. The molecule has 6 heterocycles. The summed E-state index contributed by atoms with van der Waals surface area (Å²) in [7, 11) is 0. The molecule has 62 heavy (non-hydrogen) atoms. The molecule has 0 fully saturated rings. The summed E-state index contributed by atoms with van der Waals surface area (Å²) in [6, 6.07) is 5.99. The summed E-state index contributed by atoms with van der Waals surface area (Å²) in [6.45, 7) is 26.0. The van der Waals surface area contributed by atoms with Gasteiger partial charge in [0.25, 0.3) is 0 Å². The summed E-state index contributed by atoms with van der Waals surface area (Å²) >= 11 is 0. The topological polar surface area (TPSA) is 127 Å². The SMILES string of the molecule is C=CC1=C(C)c2cc3[nH]c(c4c5[nH]c(cc6nc(cc1n2)C(C)=C6CC)c(C)c5C(=O)OC4=O)[C@@H](CCC(=O)OC/C=C(\C)CCC[C@H](C)CCC[C@H](C)CCCC(C)C)[C@@H]3C. The van der Waals surface area contributed by atoms with E-state index in [1.165, 1.54) is 50.5 Å². The Hall–Kier alpha value is -5.05. The number of H-pyrrole nitrogens is 2. The number of aromatic nitrogens is 4. The highest BCUT2D eigenvalue weighted by Crippen LogP contribution is 2.44. The smallest absolute Gasteiger partial charge is 0.349 e. The van der Waals surface area contributed by atoms with Crippen LogP contribution in [-0.2, 0) is 14.3 Å². The zero-order chi connectivity index (χ0) is 44.8. The molecule has 4 atom stereocenters. The molecule has 4 aliphatic heterocycles. The number of carbonyl (C=O) groups excluding carboxylic acids is 3. The van der Waals surface area contributed by atoms with Crippen LogP contribution in [0.3, 0.4) is 0 Å². The van der Waals surface area contributed by atoms with Gasteiger partial charge < -0.3 is 19.4 Å². The Morgan fingerprint density at radius 1 is 0.839 bits per heavy atom. The standard InChI is InChI=1S/C53H70N4O5/c1-12-38-34(8)41-27-43-36(10)40(23-24-47(58)61-26-25-33(7)22-16-21-32(6)20-15-19-31(5)18-14-17-30(3)4)50(56-43)49-51-48(52(59)62-53(49)60)37(11)44(57-51)29-46-39(13-2)35(9)42(55-46)28-45(38)54-41/h12,25,27-32,36,40,56-57H,1,13-24,26H2,2-11H3/b33-25+,43-27?,45-28?,46-29?,50-49?/t31-,32-,36+,40+/m1/s1. The first-order valence-corrected chi connectivity index (χ1v) is 23.3. The fourth-order valence-electron chi connectivity index (χ4n) is 9.66. The van der Waals surface area contributed by atoms with E-state index in [1.54, 1.807) is 0 Å². The van der Waals surface area contributed by atoms with Crippen molar-refractivity contribution >= 4 is 51.2 Å². The summed E-state index contributed by atoms with van der Waals surface area (Å²) < 4.78 is 11.2. The average Bonchev–Trinajstić information content (AvgIpc) is 3.89. The minimum Gasteiger partial charge on any atom is -0.461 e. The van der Waals surface area contributed by atoms with Gasteiger partial charge in [0.05, 0.1) is 33.9 Å². The molecule has 0 aromatic carbocycles. The van der Waals surface area contributed by atoms with E-state index >= 15 is 0 Å². The Morgan fingerprint density at radius 3 is 2.16 bits per heavy atom. The molecular formula is C53H70N4O5. The Labute approximate surface area is 369 Å². The van der Waals surface area contributed by atoms with Crippen LogP contribution in [0.1, 0.15) is 212 Å². The van der Waals surface area contributed by atoms with Crippen LogP contribution in [0.25, 0.3) is 33.3 Å². The van der Waals surface area contributed by atoms with E-state index in [-0.39, 0.29) is 36.4 Å². The fraction of sp³-hybridized carbons (Fsp3) is 0.528. The number of ether oxygens (including phenoxy) is 2. The van der Waals surface area contributed by atoms with Gasteiger partial charge in [0.1, 0.15) is 12.2 Å². The van der Waals surface area contributed by atoms with Crippen molar-refractivity contribution in [3.05, 3.63) is 93.4 Å². The van der Waals surface area contributed by atoms with Crippen LogP contribution < -0.4 is 0 Å². The van der Waals surface area contributed by atoms with Gasteiger partial charge in [-0.3, -0.25) is 4.79 Å². The molecule has 8 bridgehead atoms. The third-order valence-electron chi connectivity index (χ3n) is 13.7. The number of fused-ring (bicyclic) bond motifs is 8. The van der Waals surface area contributed by atoms with Crippen LogP contribution in [0, 0.1) is 24.7 Å². The van der Waals surface area contributed by atoms with Gasteiger partial charge in [-0.15, -0.1) is 0 Å². The second-order valence-electron chi connectivity index (χ2n) is 18.9. The molecule has 9 heteroatoms. The number of hydrogen-bond acceptors (Lipinski definition) is 7. The first-order chi connectivity index (χ1) is 29.6. The number of allylic oxidation sites excluding steroid dienone is 6. The van der Waals surface area contributed by atoms with Crippen molar-refractivity contribution in [1.82, 2.24) is 19.9 Å². The molecule has 332 valence electrons. The van der Waals surface area contributed by atoms with Crippen molar-refractivity contribution in [2.75, 3.05) is 6.61 Å². The predicted molar refractivity (Wildman–Crippen MR) is 252 cm³/mol. The van der Waals surface area contributed by atoms with Gasteiger partial charge in [-0.1, -0.05) is 105 Å². The number of esters is 3. The van der Waals surface area contributed by atoms with E-state index in [2.05, 4.69) is 71.9 Å². The molecule has 2 aromatic rings. The highest BCUT2D eigenvalue weighted by atomic mass is 16.6. The van der Waals surface area contributed by atoms with Crippen LogP contribution in [-0.4, -0.2) is 44.5 Å². The van der Waals surface area contributed by atoms with Crippen molar-refractivity contribution in [2.24, 2.45) is 17.8 Å². The van der Waals surface area contributed by atoms with Crippen molar-refractivity contribution < 1.29 is 23.9 Å². The summed E-state index contributed by atoms with van der Waals surface area (Å²) in [5.74, 6) is 0.198. The number of rotatable bonds is 19. The molecule has 2 N–H and O–H groups in total. The molecule has 0 saturated carbocycles. The Kier molecular flexibility index (Phi) is 15.3. The number of carbonyl (C=O) groups is 3. The number of cyclic esters (lactones) is 2. The fourth-order valence-corrected chi connectivity index (χ4v) is 9.66. The summed E-state index contributed by atoms with van der Waals surface area (Å²) in [6.07, 6.45) is 16.5. The maximum absolute atomic E-state index is 13.8. The normalized spacial score (nSPS) is 18.0. The van der Waals surface area contributed by atoms with E-state index in [0.717, 1.165) is 87.8 Å². The maximum Gasteiger partial charge on any atom is 0.349 e. The minimum absolute atomic E-state index is 0.136.